The van der Waals surface area contributed by atoms with E-state index in [2.05, 4.69) is 10.2 Å². The van der Waals surface area contributed by atoms with Crippen LogP contribution in [-0.4, -0.2) is 9.67 Å². The molecule has 0 spiro atoms. The van der Waals surface area contributed by atoms with Gasteiger partial charge >= 0.3 is 0 Å². The van der Waals surface area contributed by atoms with Gasteiger partial charge in [-0.2, -0.15) is 10.4 Å². The minimum atomic E-state index is -0.525. The van der Waals surface area contributed by atoms with Crippen molar-refractivity contribution in [3.05, 3.63) is 86.7 Å². The molecule has 0 aliphatic rings. The van der Waals surface area contributed by atoms with Crippen LogP contribution >= 0.6 is 11.6 Å². The number of halogens is 1. The molecular formula is C21H17ClN4O2. The zero-order valence-electron chi connectivity index (χ0n) is 15.3. The Morgan fingerprint density at radius 3 is 2.36 bits per heavy atom. The van der Waals surface area contributed by atoms with Crippen LogP contribution < -0.4 is 5.56 Å². The van der Waals surface area contributed by atoms with Crippen molar-refractivity contribution in [1.82, 2.24) is 4.57 Å². The lowest BCUT2D eigenvalue weighted by Crippen LogP contribution is -2.25. The van der Waals surface area contributed by atoms with Gasteiger partial charge in [-0.15, -0.1) is 5.11 Å². The monoisotopic (exact) mass is 392 g/mol. The molecule has 0 radical (unpaired) electrons. The number of aromatic hydroxyl groups is 1. The molecule has 0 fully saturated rings. The largest absolute Gasteiger partial charge is 0.493 e. The summed E-state index contributed by atoms with van der Waals surface area (Å²) in [5.41, 5.74) is 1.08. The molecule has 1 unspecified atom stereocenters. The lowest BCUT2D eigenvalue weighted by molar-refractivity contribution is 0.393. The molecule has 6 nitrogen and oxygen atoms in total. The van der Waals surface area contributed by atoms with E-state index in [1.807, 2.05) is 36.4 Å². The second kappa shape index (κ2) is 8.07. The molecule has 0 saturated heterocycles. The third-order valence-electron chi connectivity index (χ3n) is 4.48. The van der Waals surface area contributed by atoms with Gasteiger partial charge in [-0.05, 0) is 43.7 Å². The van der Waals surface area contributed by atoms with Gasteiger partial charge in [0.25, 0.3) is 5.56 Å². The molecular weight excluding hydrogens is 376 g/mol. The predicted molar refractivity (Wildman–Crippen MR) is 108 cm³/mol. The summed E-state index contributed by atoms with van der Waals surface area (Å²) >= 11 is 5.86. The Morgan fingerprint density at radius 1 is 1.11 bits per heavy atom. The van der Waals surface area contributed by atoms with Gasteiger partial charge in [-0.25, -0.2) is 0 Å². The van der Waals surface area contributed by atoms with Crippen LogP contribution in [0.1, 0.15) is 29.7 Å². The first-order chi connectivity index (χ1) is 13.4. The van der Waals surface area contributed by atoms with Crippen LogP contribution in [0.3, 0.4) is 0 Å². The van der Waals surface area contributed by atoms with Crippen LogP contribution in [0.4, 0.5) is 11.4 Å². The highest BCUT2D eigenvalue weighted by Gasteiger charge is 2.23. The SMILES string of the molecule is Cc1c(C#N)c(O)n(C(C)c2ccccc2)c(=O)c1N=Nc1ccc(Cl)cc1. The van der Waals surface area contributed by atoms with Gasteiger partial charge in [0.15, 0.2) is 5.69 Å². The summed E-state index contributed by atoms with van der Waals surface area (Å²) in [6.07, 6.45) is 0. The number of nitrogens with zero attached hydrogens (tertiary/aromatic N) is 4. The quantitative estimate of drug-likeness (QED) is 0.601. The van der Waals surface area contributed by atoms with Crippen LogP contribution in [0, 0.1) is 18.3 Å². The fourth-order valence-corrected chi connectivity index (χ4v) is 3.01. The zero-order valence-corrected chi connectivity index (χ0v) is 16.1. The average molecular weight is 393 g/mol. The van der Waals surface area contributed by atoms with Crippen molar-refractivity contribution in [2.24, 2.45) is 10.2 Å². The fraction of sp³-hybridized carbons (Fsp3) is 0.143. The summed E-state index contributed by atoms with van der Waals surface area (Å²) in [5, 5.41) is 28.8. The number of benzene rings is 2. The van der Waals surface area contributed by atoms with E-state index in [0.29, 0.717) is 10.7 Å². The van der Waals surface area contributed by atoms with Gasteiger partial charge in [-0.3, -0.25) is 9.36 Å². The lowest BCUT2D eigenvalue weighted by atomic mass is 10.1. The van der Waals surface area contributed by atoms with E-state index >= 15 is 0 Å². The molecule has 3 rings (SSSR count). The number of nitriles is 1. The molecule has 1 heterocycles. The molecule has 0 amide bonds. The zero-order chi connectivity index (χ0) is 20.3. The number of pyridine rings is 1. The third-order valence-corrected chi connectivity index (χ3v) is 4.73. The standard InChI is InChI=1S/C21H17ClN4O2/c1-13-18(12-23)20(27)26(14(2)15-6-4-3-5-7-15)21(28)19(13)25-24-17-10-8-16(22)9-11-17/h3-11,14,27H,1-2H3. The van der Waals surface area contributed by atoms with Crippen molar-refractivity contribution in [3.8, 4) is 11.9 Å². The molecule has 0 aliphatic carbocycles. The molecule has 1 N–H and O–H groups in total. The van der Waals surface area contributed by atoms with Gasteiger partial charge in [-0.1, -0.05) is 41.9 Å². The van der Waals surface area contributed by atoms with Gasteiger partial charge in [0.05, 0.1) is 11.7 Å². The van der Waals surface area contributed by atoms with Crippen LogP contribution in [-0.2, 0) is 0 Å². The van der Waals surface area contributed by atoms with E-state index in [4.69, 9.17) is 11.6 Å². The van der Waals surface area contributed by atoms with E-state index in [1.54, 1.807) is 38.1 Å². The Hall–Kier alpha value is -3.43. The molecule has 7 heteroatoms. The lowest BCUT2D eigenvalue weighted by Gasteiger charge is -2.19. The predicted octanol–water partition coefficient (Wildman–Crippen LogP) is 5.41. The van der Waals surface area contributed by atoms with E-state index in [0.717, 1.165) is 10.1 Å². The third kappa shape index (κ3) is 3.66. The fourth-order valence-electron chi connectivity index (χ4n) is 2.88. The Bertz CT molecular complexity index is 1130. The highest BCUT2D eigenvalue weighted by atomic mass is 35.5. The topological polar surface area (TPSA) is 90.7 Å². The summed E-state index contributed by atoms with van der Waals surface area (Å²) in [5.74, 6) is -0.383. The molecule has 28 heavy (non-hydrogen) atoms. The van der Waals surface area contributed by atoms with E-state index < -0.39 is 11.6 Å². The summed E-state index contributed by atoms with van der Waals surface area (Å²) in [6, 6.07) is 17.3. The van der Waals surface area contributed by atoms with Crippen molar-refractivity contribution in [3.63, 3.8) is 0 Å². The Morgan fingerprint density at radius 2 is 1.75 bits per heavy atom. The highest BCUT2D eigenvalue weighted by Crippen LogP contribution is 2.30. The second-order valence-electron chi connectivity index (χ2n) is 6.22. The summed E-state index contributed by atoms with van der Waals surface area (Å²) in [6.45, 7) is 3.33. The van der Waals surface area contributed by atoms with Crippen LogP contribution in [0.2, 0.25) is 5.02 Å². The maximum absolute atomic E-state index is 13.1. The number of hydrogen-bond donors (Lipinski definition) is 1. The Balaban J connectivity index is 2.17. The van der Waals surface area contributed by atoms with Crippen molar-refractivity contribution < 1.29 is 5.11 Å². The maximum atomic E-state index is 13.1. The molecule has 0 bridgehead atoms. The van der Waals surface area contributed by atoms with Gasteiger partial charge in [0, 0.05) is 10.6 Å². The Kier molecular flexibility index (Phi) is 5.57. The first-order valence-electron chi connectivity index (χ1n) is 8.54. The number of hydrogen-bond acceptors (Lipinski definition) is 5. The molecule has 1 atom stereocenters. The van der Waals surface area contributed by atoms with Crippen LogP contribution in [0.25, 0.3) is 0 Å². The van der Waals surface area contributed by atoms with Crippen molar-refractivity contribution in [1.29, 1.82) is 5.26 Å². The van der Waals surface area contributed by atoms with Crippen molar-refractivity contribution in [2.75, 3.05) is 0 Å². The number of azo groups is 1. The maximum Gasteiger partial charge on any atom is 0.282 e. The minimum absolute atomic E-state index is 0.00656. The first-order valence-corrected chi connectivity index (χ1v) is 8.92. The smallest absolute Gasteiger partial charge is 0.282 e. The molecule has 3 aromatic rings. The molecule has 1 aromatic heterocycles. The van der Waals surface area contributed by atoms with E-state index in [-0.39, 0.29) is 22.7 Å². The van der Waals surface area contributed by atoms with Gasteiger partial charge in [0.2, 0.25) is 5.88 Å². The normalized spacial score (nSPS) is 12.1. The summed E-state index contributed by atoms with van der Waals surface area (Å²) in [4.78, 5) is 13.1. The van der Waals surface area contributed by atoms with Crippen molar-refractivity contribution in [2.45, 2.75) is 19.9 Å². The average Bonchev–Trinajstić information content (AvgIpc) is 2.70. The summed E-state index contributed by atoms with van der Waals surface area (Å²) in [7, 11) is 0. The molecule has 0 aliphatic heterocycles. The van der Waals surface area contributed by atoms with Crippen molar-refractivity contribution >= 4 is 23.0 Å². The highest BCUT2D eigenvalue weighted by molar-refractivity contribution is 6.30. The second-order valence-corrected chi connectivity index (χ2v) is 6.66. The van der Waals surface area contributed by atoms with Gasteiger partial charge < -0.3 is 5.11 Å². The van der Waals surface area contributed by atoms with E-state index in [1.165, 1.54) is 0 Å². The van der Waals surface area contributed by atoms with Crippen LogP contribution in [0.15, 0.2) is 69.6 Å². The number of rotatable bonds is 4. The van der Waals surface area contributed by atoms with E-state index in [9.17, 15) is 15.2 Å². The molecule has 140 valence electrons. The summed E-state index contributed by atoms with van der Waals surface area (Å²) < 4.78 is 1.16. The first kappa shape index (κ1) is 19.3. The Labute approximate surface area is 167 Å². The van der Waals surface area contributed by atoms with Gasteiger partial charge in [0.1, 0.15) is 11.6 Å². The van der Waals surface area contributed by atoms with Crippen LogP contribution in [0.5, 0.6) is 5.88 Å². The molecule has 2 aromatic carbocycles. The minimum Gasteiger partial charge on any atom is -0.493 e. The number of aromatic nitrogens is 1. The molecule has 0 saturated carbocycles.